The predicted molar refractivity (Wildman–Crippen MR) is 180 cm³/mol. The summed E-state index contributed by atoms with van der Waals surface area (Å²) in [4.78, 5) is 26.4. The number of hydrogen-bond donors (Lipinski definition) is 2. The maximum Gasteiger partial charge on any atom is 0.262 e. The van der Waals surface area contributed by atoms with Gasteiger partial charge in [-0.15, -0.1) is 0 Å². The highest BCUT2D eigenvalue weighted by Gasteiger charge is 2.25. The highest BCUT2D eigenvalue weighted by molar-refractivity contribution is 9.10. The summed E-state index contributed by atoms with van der Waals surface area (Å²) in [6.45, 7) is 4.25. The summed E-state index contributed by atoms with van der Waals surface area (Å²) in [6, 6.07) is 26.5. The average Bonchev–Trinajstić information content (AvgIpc) is 3.02. The van der Waals surface area contributed by atoms with Crippen molar-refractivity contribution >= 4 is 57.2 Å². The van der Waals surface area contributed by atoms with Crippen molar-refractivity contribution in [2.24, 2.45) is 5.10 Å². The molecular formula is C34H32BrCl2N3O5. The molecule has 0 spiro atoms. The van der Waals surface area contributed by atoms with Gasteiger partial charge in [-0.3, -0.25) is 9.59 Å². The number of benzene rings is 4. The van der Waals surface area contributed by atoms with Crippen LogP contribution in [-0.2, 0) is 22.6 Å². The van der Waals surface area contributed by atoms with E-state index in [0.717, 1.165) is 11.1 Å². The number of nitrogens with one attached hydrogen (secondary N) is 2. The van der Waals surface area contributed by atoms with Crippen molar-refractivity contribution < 1.29 is 23.8 Å². The molecule has 4 aromatic rings. The Kier molecular flexibility index (Phi) is 12.7. The lowest BCUT2D eigenvalue weighted by Crippen LogP contribution is -2.50. The molecule has 0 aromatic heterocycles. The van der Waals surface area contributed by atoms with Crippen molar-refractivity contribution in [2.75, 3.05) is 6.61 Å². The Hall–Kier alpha value is -4.05. The number of rotatable bonds is 14. The van der Waals surface area contributed by atoms with E-state index in [2.05, 4.69) is 31.8 Å². The van der Waals surface area contributed by atoms with Crippen LogP contribution in [0.25, 0.3) is 0 Å². The number of hydrazone groups is 1. The Labute approximate surface area is 280 Å². The molecule has 0 saturated carbocycles. The molecule has 0 fully saturated rings. The molecule has 0 radical (unpaired) electrons. The Bertz CT molecular complexity index is 1620. The predicted octanol–water partition coefficient (Wildman–Crippen LogP) is 7.38. The molecule has 11 heteroatoms. The largest absolute Gasteiger partial charge is 0.490 e. The molecule has 4 rings (SSSR count). The third kappa shape index (κ3) is 10.2. The fourth-order valence-corrected chi connectivity index (χ4v) is 5.23. The summed E-state index contributed by atoms with van der Waals surface area (Å²) in [5.41, 5.74) is 5.08. The number of hydrogen-bond acceptors (Lipinski definition) is 6. The first-order valence-corrected chi connectivity index (χ1v) is 15.7. The van der Waals surface area contributed by atoms with Gasteiger partial charge in [0.15, 0.2) is 17.6 Å². The van der Waals surface area contributed by atoms with Crippen molar-refractivity contribution in [3.05, 3.63) is 122 Å². The van der Waals surface area contributed by atoms with Crippen LogP contribution in [0.2, 0.25) is 10.0 Å². The molecule has 0 aliphatic carbocycles. The van der Waals surface area contributed by atoms with Crippen molar-refractivity contribution in [3.63, 3.8) is 0 Å². The van der Waals surface area contributed by atoms with E-state index in [1.165, 1.54) is 12.3 Å². The van der Waals surface area contributed by atoms with E-state index in [1.54, 1.807) is 25.1 Å². The lowest BCUT2D eigenvalue weighted by molar-refractivity contribution is -0.132. The van der Waals surface area contributed by atoms with Crippen LogP contribution in [0.1, 0.15) is 30.5 Å². The van der Waals surface area contributed by atoms with E-state index in [1.807, 2.05) is 73.7 Å². The number of halogens is 3. The Morgan fingerprint density at radius 3 is 2.24 bits per heavy atom. The number of carbonyl (C=O) groups excluding carboxylic acids is 2. The minimum absolute atomic E-state index is 0.232. The summed E-state index contributed by atoms with van der Waals surface area (Å²) >= 11 is 15.7. The highest BCUT2D eigenvalue weighted by atomic mass is 79.9. The second kappa shape index (κ2) is 16.9. The van der Waals surface area contributed by atoms with E-state index in [9.17, 15) is 9.59 Å². The topological polar surface area (TPSA) is 98.2 Å². The van der Waals surface area contributed by atoms with Crippen LogP contribution in [-0.4, -0.2) is 36.8 Å². The maximum atomic E-state index is 13.3. The van der Waals surface area contributed by atoms with Crippen LogP contribution in [0.15, 0.2) is 101 Å². The fourth-order valence-electron chi connectivity index (χ4n) is 4.21. The van der Waals surface area contributed by atoms with Crippen molar-refractivity contribution in [3.8, 4) is 17.2 Å². The SMILES string of the molecule is CCOc1cc(/C=N\NC(=O)[C@H](Cc2ccccc2)NC(=O)[C@@H](C)Oc2ccc(Cl)cc2Cl)cc(Br)c1OCc1ccccc1. The first-order valence-electron chi connectivity index (χ1n) is 14.2. The van der Waals surface area contributed by atoms with Gasteiger partial charge in [-0.05, 0) is 76.8 Å². The Balaban J connectivity index is 1.45. The molecule has 4 aromatic carbocycles. The smallest absolute Gasteiger partial charge is 0.262 e. The van der Waals surface area contributed by atoms with Gasteiger partial charge in [0, 0.05) is 11.4 Å². The third-order valence-corrected chi connectivity index (χ3v) is 7.55. The lowest BCUT2D eigenvalue weighted by Gasteiger charge is -2.21. The van der Waals surface area contributed by atoms with Gasteiger partial charge >= 0.3 is 0 Å². The number of carbonyl (C=O) groups is 2. The summed E-state index contributed by atoms with van der Waals surface area (Å²) in [5.74, 6) is 0.374. The molecule has 0 heterocycles. The van der Waals surface area contributed by atoms with Crippen LogP contribution >= 0.6 is 39.1 Å². The van der Waals surface area contributed by atoms with Gasteiger partial charge in [0.25, 0.3) is 11.8 Å². The zero-order valence-corrected chi connectivity index (χ0v) is 27.7. The van der Waals surface area contributed by atoms with Gasteiger partial charge in [-0.25, -0.2) is 5.43 Å². The van der Waals surface area contributed by atoms with Gasteiger partial charge in [-0.2, -0.15) is 5.10 Å². The molecule has 0 aliphatic heterocycles. The third-order valence-electron chi connectivity index (χ3n) is 6.43. The van der Waals surface area contributed by atoms with Gasteiger partial charge in [-0.1, -0.05) is 83.9 Å². The zero-order valence-electron chi connectivity index (χ0n) is 24.6. The van der Waals surface area contributed by atoms with Gasteiger partial charge in [0.1, 0.15) is 18.4 Å². The summed E-state index contributed by atoms with van der Waals surface area (Å²) in [5, 5.41) is 7.64. The Morgan fingerprint density at radius 2 is 1.58 bits per heavy atom. The van der Waals surface area contributed by atoms with E-state index < -0.39 is 24.0 Å². The molecule has 2 atom stereocenters. The molecule has 0 aliphatic rings. The molecule has 234 valence electrons. The molecule has 0 saturated heterocycles. The standard InChI is InChI=1S/C34H32BrCl2N3O5/c1-3-43-31-18-25(16-27(35)32(31)44-21-24-12-8-5-9-13-24)20-38-40-34(42)29(17-23-10-6-4-7-11-23)39-33(41)22(2)45-30-15-14-26(36)19-28(30)37/h4-16,18-20,22,29H,3,17,21H2,1-2H3,(H,39,41)(H,40,42)/b38-20-/t22-,29+/m1/s1. The van der Waals surface area contributed by atoms with Crippen molar-refractivity contribution in [1.29, 1.82) is 0 Å². The van der Waals surface area contributed by atoms with E-state index in [0.29, 0.717) is 45.5 Å². The quantitative estimate of drug-likeness (QED) is 0.105. The molecule has 45 heavy (non-hydrogen) atoms. The van der Waals surface area contributed by atoms with Crippen LogP contribution < -0.4 is 25.0 Å². The molecule has 2 amide bonds. The summed E-state index contributed by atoms with van der Waals surface area (Å²) in [6.07, 6.45) is 0.771. The minimum atomic E-state index is -0.949. The lowest BCUT2D eigenvalue weighted by atomic mass is 10.1. The molecular weight excluding hydrogens is 681 g/mol. The van der Waals surface area contributed by atoms with E-state index in [4.69, 9.17) is 37.4 Å². The van der Waals surface area contributed by atoms with E-state index >= 15 is 0 Å². The average molecular weight is 713 g/mol. The van der Waals surface area contributed by atoms with Crippen molar-refractivity contribution in [2.45, 2.75) is 39.0 Å². The normalized spacial score (nSPS) is 12.3. The maximum absolute atomic E-state index is 13.3. The van der Waals surface area contributed by atoms with Gasteiger partial charge in [0.05, 0.1) is 22.3 Å². The van der Waals surface area contributed by atoms with Crippen molar-refractivity contribution in [1.82, 2.24) is 10.7 Å². The molecule has 0 unspecified atom stereocenters. The van der Waals surface area contributed by atoms with Gasteiger partial charge < -0.3 is 19.5 Å². The monoisotopic (exact) mass is 711 g/mol. The Morgan fingerprint density at radius 1 is 0.889 bits per heavy atom. The van der Waals surface area contributed by atoms with Crippen LogP contribution in [0.5, 0.6) is 17.2 Å². The summed E-state index contributed by atoms with van der Waals surface area (Å²) in [7, 11) is 0. The first kappa shape index (κ1) is 33.8. The molecule has 2 N–H and O–H groups in total. The van der Waals surface area contributed by atoms with Crippen LogP contribution in [0, 0.1) is 0 Å². The molecule has 0 bridgehead atoms. The molecule has 8 nitrogen and oxygen atoms in total. The van der Waals surface area contributed by atoms with E-state index in [-0.39, 0.29) is 11.4 Å². The zero-order chi connectivity index (χ0) is 32.2. The minimum Gasteiger partial charge on any atom is -0.490 e. The van der Waals surface area contributed by atoms with Gasteiger partial charge in [0.2, 0.25) is 0 Å². The number of amides is 2. The first-order chi connectivity index (χ1) is 21.7. The second-order valence-corrected chi connectivity index (χ2v) is 11.6. The van der Waals surface area contributed by atoms with Crippen LogP contribution in [0.4, 0.5) is 0 Å². The fraction of sp³-hybridized carbons (Fsp3) is 0.206. The van der Waals surface area contributed by atoms with Crippen LogP contribution in [0.3, 0.4) is 0 Å². The highest BCUT2D eigenvalue weighted by Crippen LogP contribution is 2.37. The summed E-state index contributed by atoms with van der Waals surface area (Å²) < 4.78 is 18.3. The second-order valence-electron chi connectivity index (χ2n) is 9.86. The number of ether oxygens (including phenoxy) is 3. The number of nitrogens with zero attached hydrogens (tertiary/aromatic N) is 1.